The summed E-state index contributed by atoms with van der Waals surface area (Å²) in [6.07, 6.45) is 2.14. The Bertz CT molecular complexity index is 227. The summed E-state index contributed by atoms with van der Waals surface area (Å²) in [7, 11) is -0.708. The Kier molecular flexibility index (Phi) is 8.91. The fourth-order valence-electron chi connectivity index (χ4n) is 1.22. The highest BCUT2D eigenvalue weighted by Crippen LogP contribution is 2.58. The van der Waals surface area contributed by atoms with Crippen molar-refractivity contribution in [3.8, 4) is 0 Å². The van der Waals surface area contributed by atoms with Crippen LogP contribution in [0.3, 0.4) is 0 Å². The Morgan fingerprint density at radius 3 is 2.19 bits per heavy atom. The molecule has 0 aromatic rings. The molecular weight excluding hydrogens is 262 g/mol. The summed E-state index contributed by atoms with van der Waals surface area (Å²) in [4.78, 5) is 0. The van der Waals surface area contributed by atoms with E-state index >= 15 is 0 Å². The van der Waals surface area contributed by atoms with Crippen LogP contribution < -0.4 is 0 Å². The number of hydrogen-bond acceptors (Lipinski definition) is 1. The van der Waals surface area contributed by atoms with Gasteiger partial charge in [0.05, 0.1) is 6.61 Å². The summed E-state index contributed by atoms with van der Waals surface area (Å²) >= 11 is 12.6. The summed E-state index contributed by atoms with van der Waals surface area (Å²) in [5, 5.41) is 1.61. The fourth-order valence-corrected chi connectivity index (χ4v) is 4.01. The van der Waals surface area contributed by atoms with Gasteiger partial charge in [-0.2, -0.15) is 0 Å². The number of hydrogen-bond donors (Lipinski definition) is 0. The minimum absolute atomic E-state index is 0.347. The van der Waals surface area contributed by atoms with E-state index in [9.17, 15) is 0 Å². The van der Waals surface area contributed by atoms with Crippen LogP contribution in [0.1, 0.15) is 47.5 Å². The van der Waals surface area contributed by atoms with Gasteiger partial charge in [-0.1, -0.05) is 52.3 Å². The van der Waals surface area contributed by atoms with Crippen molar-refractivity contribution < 1.29 is 4.74 Å². The lowest BCUT2D eigenvalue weighted by molar-refractivity contribution is 0.227. The number of rotatable bonds is 7. The lowest BCUT2D eigenvalue weighted by atomic mass is 10.2. The van der Waals surface area contributed by atoms with Gasteiger partial charge in [0, 0.05) is 12.6 Å². The van der Waals surface area contributed by atoms with Crippen LogP contribution in [0.25, 0.3) is 0 Å². The predicted molar refractivity (Wildman–Crippen MR) is 76.5 cm³/mol. The van der Waals surface area contributed by atoms with Crippen molar-refractivity contribution in [3.05, 3.63) is 10.5 Å². The van der Waals surface area contributed by atoms with Gasteiger partial charge in [0.2, 0.25) is 0 Å². The molecule has 0 bridgehead atoms. The van der Waals surface area contributed by atoms with E-state index in [1.54, 1.807) is 0 Å². The summed E-state index contributed by atoms with van der Waals surface area (Å²) in [5.41, 5.74) is 0.428. The van der Waals surface area contributed by atoms with Gasteiger partial charge in [-0.15, -0.1) is 0 Å². The van der Waals surface area contributed by atoms with Crippen molar-refractivity contribution in [3.63, 3.8) is 0 Å². The molecule has 0 amide bonds. The highest BCUT2D eigenvalue weighted by atomic mass is 35.7. The summed E-state index contributed by atoms with van der Waals surface area (Å²) < 4.78 is 5.55. The van der Waals surface area contributed by atoms with Gasteiger partial charge in [0.1, 0.15) is 0 Å². The van der Waals surface area contributed by atoms with E-state index in [1.165, 1.54) is 0 Å². The summed E-state index contributed by atoms with van der Waals surface area (Å²) in [5.74, 6) is 0.347. The van der Waals surface area contributed by atoms with E-state index in [1.807, 2.05) is 0 Å². The van der Waals surface area contributed by atoms with Gasteiger partial charge in [-0.05, 0) is 29.6 Å². The Labute approximate surface area is 111 Å². The van der Waals surface area contributed by atoms with Crippen molar-refractivity contribution in [2.75, 3.05) is 6.61 Å². The molecule has 96 valence electrons. The second-order valence-corrected chi connectivity index (χ2v) is 7.99. The van der Waals surface area contributed by atoms with Crippen LogP contribution in [0.5, 0.6) is 0 Å². The Morgan fingerprint density at radius 1 is 1.25 bits per heavy atom. The van der Waals surface area contributed by atoms with Crippen LogP contribution in [0.4, 0.5) is 0 Å². The molecule has 0 heterocycles. The maximum atomic E-state index is 6.43. The zero-order valence-corrected chi connectivity index (χ0v) is 13.3. The average molecular weight is 285 g/mol. The SMILES string of the molecule is CCCCO/C(Cl)=C(/C(C)C)P(Cl)C(C)C. The van der Waals surface area contributed by atoms with Crippen LogP contribution in [0.15, 0.2) is 10.5 Å². The van der Waals surface area contributed by atoms with E-state index in [-0.39, 0.29) is 0 Å². The molecule has 0 N–H and O–H groups in total. The lowest BCUT2D eigenvalue weighted by Crippen LogP contribution is -2.02. The quantitative estimate of drug-likeness (QED) is 0.321. The molecule has 0 rings (SSSR count). The van der Waals surface area contributed by atoms with Crippen molar-refractivity contribution in [1.82, 2.24) is 0 Å². The van der Waals surface area contributed by atoms with Crippen LogP contribution in [-0.2, 0) is 4.74 Å². The molecule has 0 aliphatic rings. The number of halogens is 2. The second-order valence-electron chi connectivity index (χ2n) is 4.42. The first-order valence-electron chi connectivity index (χ1n) is 5.89. The molecule has 4 heteroatoms. The van der Waals surface area contributed by atoms with Gasteiger partial charge in [-0.3, -0.25) is 0 Å². The molecule has 1 nitrogen and oxygen atoms in total. The molecule has 1 unspecified atom stereocenters. The molecular formula is C12H23Cl2OP. The van der Waals surface area contributed by atoms with Gasteiger partial charge >= 0.3 is 0 Å². The number of allylic oxidation sites excluding steroid dienone is 1. The van der Waals surface area contributed by atoms with Gasteiger partial charge in [0.25, 0.3) is 0 Å². The topological polar surface area (TPSA) is 9.23 Å². The third kappa shape index (κ3) is 5.75. The fraction of sp³-hybridized carbons (Fsp3) is 0.833. The van der Waals surface area contributed by atoms with E-state index in [0.29, 0.717) is 23.4 Å². The van der Waals surface area contributed by atoms with Crippen molar-refractivity contribution in [2.45, 2.75) is 53.1 Å². The third-order valence-corrected chi connectivity index (χ3v) is 6.41. The van der Waals surface area contributed by atoms with Crippen LogP contribution in [0.2, 0.25) is 0 Å². The molecule has 0 aromatic heterocycles. The van der Waals surface area contributed by atoms with Gasteiger partial charge < -0.3 is 4.74 Å². The maximum Gasteiger partial charge on any atom is 0.192 e. The van der Waals surface area contributed by atoms with Crippen LogP contribution >= 0.6 is 30.1 Å². The van der Waals surface area contributed by atoms with E-state index < -0.39 is 7.27 Å². The Hall–Kier alpha value is 0.550. The minimum Gasteiger partial charge on any atom is -0.483 e. The summed E-state index contributed by atoms with van der Waals surface area (Å²) in [6.45, 7) is 11.3. The molecule has 0 aliphatic heterocycles. The second kappa shape index (κ2) is 8.61. The number of ether oxygens (including phenoxy) is 1. The molecule has 0 saturated heterocycles. The lowest BCUT2D eigenvalue weighted by Gasteiger charge is -2.22. The zero-order valence-electron chi connectivity index (χ0n) is 10.9. The molecule has 0 radical (unpaired) electrons. The highest BCUT2D eigenvalue weighted by Gasteiger charge is 2.22. The van der Waals surface area contributed by atoms with Gasteiger partial charge in [0.15, 0.2) is 5.22 Å². The van der Waals surface area contributed by atoms with Crippen molar-refractivity contribution >= 4 is 30.1 Å². The average Bonchev–Trinajstić information content (AvgIpc) is 2.17. The van der Waals surface area contributed by atoms with Crippen LogP contribution in [-0.4, -0.2) is 12.3 Å². The molecule has 0 saturated carbocycles. The molecule has 0 aromatic carbocycles. The normalized spacial score (nSPS) is 15.3. The zero-order chi connectivity index (χ0) is 12.7. The smallest absolute Gasteiger partial charge is 0.192 e. The first-order chi connectivity index (χ1) is 7.41. The maximum absolute atomic E-state index is 6.43. The summed E-state index contributed by atoms with van der Waals surface area (Å²) in [6, 6.07) is 0. The third-order valence-electron chi connectivity index (χ3n) is 2.16. The standard InChI is InChI=1S/C12H23Cl2OP/c1-6-7-8-15-12(13)11(9(2)3)16(14)10(4)5/h9-10H,6-8H2,1-5H3/b12-11-. The molecule has 1 atom stereocenters. The monoisotopic (exact) mass is 284 g/mol. The van der Waals surface area contributed by atoms with E-state index in [2.05, 4.69) is 34.6 Å². The van der Waals surface area contributed by atoms with Crippen LogP contribution in [0, 0.1) is 5.92 Å². The van der Waals surface area contributed by atoms with Gasteiger partial charge in [-0.25, -0.2) is 0 Å². The number of unbranched alkanes of at least 4 members (excludes halogenated alkanes) is 1. The minimum atomic E-state index is -0.708. The van der Waals surface area contributed by atoms with Crippen molar-refractivity contribution in [1.29, 1.82) is 0 Å². The van der Waals surface area contributed by atoms with E-state index in [4.69, 9.17) is 27.6 Å². The largest absolute Gasteiger partial charge is 0.483 e. The predicted octanol–water partition coefficient (Wildman–Crippen LogP) is 5.91. The molecule has 0 aliphatic carbocycles. The van der Waals surface area contributed by atoms with E-state index in [0.717, 1.165) is 18.2 Å². The highest BCUT2D eigenvalue weighted by molar-refractivity contribution is 7.87. The first kappa shape index (κ1) is 16.6. The van der Waals surface area contributed by atoms with Crippen molar-refractivity contribution in [2.24, 2.45) is 5.92 Å². The molecule has 16 heavy (non-hydrogen) atoms. The Morgan fingerprint density at radius 2 is 1.81 bits per heavy atom. The molecule has 0 fully saturated rings. The first-order valence-corrected chi connectivity index (χ1v) is 8.58. The Balaban J connectivity index is 4.65. The molecule has 0 spiro atoms.